The highest BCUT2D eigenvalue weighted by Gasteiger charge is 2.18. The second-order valence-electron chi connectivity index (χ2n) is 6.92. The van der Waals surface area contributed by atoms with E-state index in [1.165, 1.54) is 16.0 Å². The molecule has 8 nitrogen and oxygen atoms in total. The highest BCUT2D eigenvalue weighted by Crippen LogP contribution is 2.19. The Balaban J connectivity index is 1.64. The topological polar surface area (TPSA) is 103 Å². The average Bonchev–Trinajstić information content (AvgIpc) is 3.23. The van der Waals surface area contributed by atoms with Crippen LogP contribution in [0.25, 0.3) is 10.8 Å². The molecule has 0 aliphatic carbocycles. The van der Waals surface area contributed by atoms with Crippen LogP contribution in [0.4, 0.5) is 5.13 Å². The molecule has 0 aliphatic rings. The first kappa shape index (κ1) is 21.4. The number of esters is 1. The molecule has 162 valence electrons. The van der Waals surface area contributed by atoms with Crippen molar-refractivity contribution >= 4 is 39.1 Å². The second-order valence-corrected chi connectivity index (χ2v) is 7.78. The predicted octanol–water partition coefficient (Wildman–Crippen LogP) is 3.26. The second kappa shape index (κ2) is 9.52. The summed E-state index contributed by atoms with van der Waals surface area (Å²) >= 11 is 1.20. The van der Waals surface area contributed by atoms with Crippen LogP contribution in [0, 0.1) is 0 Å². The molecule has 0 aliphatic heterocycles. The Bertz CT molecular complexity index is 1330. The van der Waals surface area contributed by atoms with Crippen LogP contribution in [0.15, 0.2) is 64.8 Å². The van der Waals surface area contributed by atoms with Crippen LogP contribution < -0.4 is 10.9 Å². The third-order valence-electron chi connectivity index (χ3n) is 4.66. The van der Waals surface area contributed by atoms with Gasteiger partial charge in [-0.05, 0) is 18.6 Å². The number of nitrogens with zero attached hydrogens (tertiary/aromatic N) is 3. The number of nitrogens with one attached hydrogen (secondary N) is 1. The summed E-state index contributed by atoms with van der Waals surface area (Å²) in [5, 5.41) is 9.98. The predicted molar refractivity (Wildman–Crippen MR) is 122 cm³/mol. The number of carbonyl (C=O) groups is 2. The van der Waals surface area contributed by atoms with Crippen LogP contribution in [0.3, 0.4) is 0 Å². The van der Waals surface area contributed by atoms with Crippen molar-refractivity contribution in [2.24, 2.45) is 0 Å². The number of benzene rings is 2. The average molecular weight is 449 g/mol. The lowest BCUT2D eigenvalue weighted by Gasteiger charge is -2.11. The van der Waals surface area contributed by atoms with Gasteiger partial charge in [-0.3, -0.25) is 19.7 Å². The normalized spacial score (nSPS) is 10.8. The van der Waals surface area contributed by atoms with Gasteiger partial charge < -0.3 is 4.74 Å². The smallest absolute Gasteiger partial charge is 0.311 e. The zero-order valence-corrected chi connectivity index (χ0v) is 18.1. The number of ether oxygens (including phenoxy) is 1. The van der Waals surface area contributed by atoms with E-state index in [1.54, 1.807) is 36.6 Å². The quantitative estimate of drug-likeness (QED) is 0.435. The van der Waals surface area contributed by atoms with Crippen molar-refractivity contribution in [2.45, 2.75) is 19.9 Å². The number of amides is 1. The summed E-state index contributed by atoms with van der Waals surface area (Å²) in [6.07, 6.45) is 0.0311. The molecule has 0 unspecified atom stereocenters. The molecule has 2 heterocycles. The lowest BCUT2D eigenvalue weighted by atomic mass is 10.1. The van der Waals surface area contributed by atoms with Crippen LogP contribution in [0.2, 0.25) is 0 Å². The molecule has 4 rings (SSSR count). The largest absolute Gasteiger partial charge is 0.466 e. The highest BCUT2D eigenvalue weighted by molar-refractivity contribution is 7.14. The van der Waals surface area contributed by atoms with Crippen molar-refractivity contribution in [1.29, 1.82) is 0 Å². The molecule has 9 heteroatoms. The van der Waals surface area contributed by atoms with Gasteiger partial charge >= 0.3 is 5.97 Å². The Kier molecular flexibility index (Phi) is 6.37. The summed E-state index contributed by atoms with van der Waals surface area (Å²) in [4.78, 5) is 41.9. The van der Waals surface area contributed by atoms with E-state index in [-0.39, 0.29) is 30.2 Å². The van der Waals surface area contributed by atoms with Crippen molar-refractivity contribution in [3.8, 4) is 0 Å². The van der Waals surface area contributed by atoms with Crippen LogP contribution in [-0.4, -0.2) is 33.2 Å². The first-order valence-electron chi connectivity index (χ1n) is 10.0. The standard InChI is InChI=1S/C23H20N4O4S/c1-2-31-19(28)12-16-14-32-23(24-16)25-21(29)20-17-10-6-7-11-18(17)22(30)27(26-20)13-15-8-4-3-5-9-15/h3-11,14H,2,12-13H2,1H3,(H,24,25,29). The molecule has 0 bridgehead atoms. The van der Waals surface area contributed by atoms with Gasteiger partial charge in [-0.15, -0.1) is 11.3 Å². The van der Waals surface area contributed by atoms with E-state index >= 15 is 0 Å². The zero-order valence-electron chi connectivity index (χ0n) is 17.3. The molecule has 4 aromatic rings. The van der Waals surface area contributed by atoms with Crippen LogP contribution in [0.5, 0.6) is 0 Å². The summed E-state index contributed by atoms with van der Waals surface area (Å²) in [6.45, 7) is 2.27. The van der Waals surface area contributed by atoms with Gasteiger partial charge in [-0.25, -0.2) is 9.67 Å². The number of carbonyl (C=O) groups excluding carboxylic acids is 2. The number of hydrogen-bond acceptors (Lipinski definition) is 7. The van der Waals surface area contributed by atoms with Gasteiger partial charge in [0.05, 0.1) is 30.7 Å². The summed E-state index contributed by atoms with van der Waals surface area (Å²) < 4.78 is 6.22. The van der Waals surface area contributed by atoms with E-state index < -0.39 is 5.91 Å². The Morgan fingerprint density at radius 2 is 1.78 bits per heavy atom. The van der Waals surface area contributed by atoms with Gasteiger partial charge in [0, 0.05) is 10.8 Å². The summed E-state index contributed by atoms with van der Waals surface area (Å²) in [6, 6.07) is 16.3. The Hall–Kier alpha value is -3.85. The zero-order chi connectivity index (χ0) is 22.5. The fourth-order valence-corrected chi connectivity index (χ4v) is 3.93. The van der Waals surface area contributed by atoms with Gasteiger partial charge in [0.15, 0.2) is 10.8 Å². The maximum absolute atomic E-state index is 13.1. The van der Waals surface area contributed by atoms with Crippen LogP contribution in [-0.2, 0) is 22.5 Å². The molecular weight excluding hydrogens is 428 g/mol. The van der Waals surface area contributed by atoms with Crippen LogP contribution >= 0.6 is 11.3 Å². The molecule has 2 aromatic carbocycles. The van der Waals surface area contributed by atoms with E-state index in [0.717, 1.165) is 5.56 Å². The molecule has 1 amide bonds. The maximum atomic E-state index is 13.1. The van der Waals surface area contributed by atoms with Crippen molar-refractivity contribution in [3.05, 3.63) is 87.3 Å². The van der Waals surface area contributed by atoms with Crippen molar-refractivity contribution in [3.63, 3.8) is 0 Å². The minimum absolute atomic E-state index is 0.0311. The van der Waals surface area contributed by atoms with E-state index in [9.17, 15) is 14.4 Å². The third-order valence-corrected chi connectivity index (χ3v) is 5.47. The lowest BCUT2D eigenvalue weighted by molar-refractivity contribution is -0.142. The fourth-order valence-electron chi connectivity index (χ4n) is 3.23. The van der Waals surface area contributed by atoms with E-state index in [4.69, 9.17) is 4.74 Å². The number of rotatable bonds is 7. The van der Waals surface area contributed by atoms with Gasteiger partial charge in [0.2, 0.25) is 0 Å². The summed E-state index contributed by atoms with van der Waals surface area (Å²) in [5.74, 6) is -0.864. The monoisotopic (exact) mass is 448 g/mol. The van der Waals surface area contributed by atoms with Gasteiger partial charge in [-0.1, -0.05) is 48.5 Å². The number of anilines is 1. The van der Waals surface area contributed by atoms with E-state index in [1.807, 2.05) is 30.3 Å². The van der Waals surface area contributed by atoms with Crippen molar-refractivity contribution in [2.75, 3.05) is 11.9 Å². The number of aromatic nitrogens is 3. The van der Waals surface area contributed by atoms with Crippen LogP contribution in [0.1, 0.15) is 28.7 Å². The molecule has 0 saturated carbocycles. The molecule has 0 radical (unpaired) electrons. The Labute approximate surface area is 187 Å². The summed E-state index contributed by atoms with van der Waals surface area (Å²) in [7, 11) is 0. The maximum Gasteiger partial charge on any atom is 0.311 e. The van der Waals surface area contributed by atoms with Gasteiger partial charge in [0.1, 0.15) is 0 Å². The minimum Gasteiger partial charge on any atom is -0.466 e. The van der Waals surface area contributed by atoms with Crippen molar-refractivity contribution in [1.82, 2.24) is 14.8 Å². The van der Waals surface area contributed by atoms with Gasteiger partial charge in [-0.2, -0.15) is 5.10 Å². The van der Waals surface area contributed by atoms with E-state index in [2.05, 4.69) is 15.4 Å². The number of fused-ring (bicyclic) bond motifs is 1. The number of thiazole rings is 1. The molecule has 0 atom stereocenters. The fraction of sp³-hybridized carbons (Fsp3) is 0.174. The Morgan fingerprint density at radius 3 is 2.53 bits per heavy atom. The molecular formula is C23H20N4O4S. The number of hydrogen-bond donors (Lipinski definition) is 1. The highest BCUT2D eigenvalue weighted by atomic mass is 32.1. The SMILES string of the molecule is CCOC(=O)Cc1csc(NC(=O)c2nn(Cc3ccccc3)c(=O)c3ccccc23)n1. The third kappa shape index (κ3) is 4.73. The van der Waals surface area contributed by atoms with Gasteiger partial charge in [0.25, 0.3) is 11.5 Å². The first-order valence-corrected chi connectivity index (χ1v) is 10.9. The molecule has 1 N–H and O–H groups in total. The lowest BCUT2D eigenvalue weighted by Crippen LogP contribution is -2.28. The molecule has 32 heavy (non-hydrogen) atoms. The molecule has 2 aromatic heterocycles. The minimum atomic E-state index is -0.486. The molecule has 0 fully saturated rings. The Morgan fingerprint density at radius 1 is 1.06 bits per heavy atom. The van der Waals surface area contributed by atoms with E-state index in [0.29, 0.717) is 28.2 Å². The summed E-state index contributed by atoms with van der Waals surface area (Å²) in [5.41, 5.74) is 1.26. The molecule has 0 spiro atoms. The van der Waals surface area contributed by atoms with Crippen molar-refractivity contribution < 1.29 is 14.3 Å². The molecule has 0 saturated heterocycles. The first-order chi connectivity index (χ1) is 15.5.